The minimum Gasteiger partial charge on any atom is -0.394 e. The summed E-state index contributed by atoms with van der Waals surface area (Å²) in [4.78, 5) is 0. The molecule has 30 rings (SSSR count). The SMILES string of the molecule is OC[C@H]1OC2C3[C@@H](CO)OC(O[C@H]4[C@H](O)[C@@H](O)[C@@H](O[C@H]5[C@H](O)[C@@H](O)[C@@H](O[C@H]6[C@H](O)[C@@H](O)[C@@H](O[C@H]7[C@H](O)[C@@H](O)[C@@H](O[C@H]8[C@H](O)[C@@H](O)[C@@H](O[C@H]9[C@H](O)[C@@H](O)C(OC1[C@H](O)[C@H]2O)O[C@@H]9CO)O[C@@H]8CO)O[C@@H]7CO)O[C@@H]6CO)O[C@@H]5CO)O[C@@H]4CO)[C@H](O)[C@H]3O.[Zr]. The van der Waals surface area contributed by atoms with Crippen LogP contribution in [0.25, 0.3) is 0 Å². The quantitative estimate of drug-likeness (QED) is 0.107. The molecule has 0 amide bonds. The van der Waals surface area contributed by atoms with E-state index >= 15 is 0 Å². The van der Waals surface area contributed by atoms with E-state index in [2.05, 4.69) is 0 Å². The standard InChI is InChI=1S/C48H80O39.Zr/c49-1-9-17-18(57)27(66)42(74-9)82-35-11(3-51)76-44(29(68)21(35)60)84-37-13(5-53)78-46(31(70)23(37)62)86-39-15(7-55)80-48(33(72)25(39)64)87-40-16(8-56)79-47(32(71)26(40)65)85-38-14(6-54)77-45(30(69)24(38)63)83-36-12(4-52)75-43(28(67)22(36)61)81-34-10(2-50)73-41(17)20(59)19(34)58;/h9-72H,1-8H2;/t9-,10-,11-,12-,13-,14-,15-,16-,17?,18+,19-,20-,21-,22-,23-,24-,25-,26-,27-,28-,29-,30-,31-,32-,33-,34?,35-,36-,37-,38-,39-,40-,41?,42?,43?,44-,45-,46-,47-,48-;/m1./s1. The molecular formula is C48H80O39Zr. The fraction of sp³-hybridized carbons (Fsp3) is 1.00. The van der Waals surface area contributed by atoms with Gasteiger partial charge in [-0.15, -0.1) is 0 Å². The van der Waals surface area contributed by atoms with Crippen molar-refractivity contribution in [3.8, 4) is 0 Å². The Balaban J connectivity index is 0.0000100. The number of rotatable bonds is 8. The molecule has 30 heterocycles. The van der Waals surface area contributed by atoms with Crippen molar-refractivity contribution >= 4 is 0 Å². The maximum Gasteiger partial charge on any atom is 0.187 e. The molecule has 39 nitrogen and oxygen atoms in total. The van der Waals surface area contributed by atoms with Crippen molar-refractivity contribution in [3.05, 3.63) is 0 Å². The summed E-state index contributed by atoms with van der Waals surface area (Å²) in [6.45, 7) is -8.63. The van der Waals surface area contributed by atoms with E-state index in [1.54, 1.807) is 0 Å². The molecular weight excluding hydrogens is 1290 g/mol. The van der Waals surface area contributed by atoms with Crippen LogP contribution >= 0.6 is 0 Å². The normalized spacial score (nSPS) is 55.1. The Morgan fingerprint density at radius 3 is 0.500 bits per heavy atom. The van der Waals surface area contributed by atoms with Crippen LogP contribution < -0.4 is 0 Å². The van der Waals surface area contributed by atoms with Gasteiger partial charge in [0, 0.05) is 32.1 Å². The van der Waals surface area contributed by atoms with Gasteiger partial charge in [0.2, 0.25) is 0 Å². The van der Waals surface area contributed by atoms with Gasteiger partial charge in [-0.3, -0.25) is 0 Å². The first-order valence-electron chi connectivity index (χ1n) is 28.0. The Morgan fingerprint density at radius 2 is 0.307 bits per heavy atom. The second-order valence-electron chi connectivity index (χ2n) is 22.5. The molecule has 40 atom stereocenters. The first kappa shape index (κ1) is 73.1. The Bertz CT molecular complexity index is 2130. The van der Waals surface area contributed by atoms with Crippen LogP contribution in [0.4, 0.5) is 0 Å². The Kier molecular flexibility index (Phi) is 25.8. The third kappa shape index (κ3) is 14.1. The zero-order valence-electron chi connectivity index (χ0n) is 46.1. The Morgan fingerprint density at radius 1 is 0.159 bits per heavy atom. The van der Waals surface area contributed by atoms with Crippen LogP contribution in [-0.2, 0) is 97.3 Å². The van der Waals surface area contributed by atoms with Gasteiger partial charge in [0.1, 0.15) is 177 Å². The van der Waals surface area contributed by atoms with E-state index in [0.29, 0.717) is 0 Å². The summed E-state index contributed by atoms with van der Waals surface area (Å²) in [6.07, 6.45) is -79.7. The molecule has 30 aliphatic rings. The maximum absolute atomic E-state index is 11.6. The van der Waals surface area contributed by atoms with E-state index in [-0.39, 0.29) is 26.2 Å². The van der Waals surface area contributed by atoms with Crippen molar-refractivity contribution in [1.82, 2.24) is 0 Å². The number of aliphatic hydroxyl groups is 24. The van der Waals surface area contributed by atoms with Gasteiger partial charge in [-0.05, 0) is 0 Å². The van der Waals surface area contributed by atoms with E-state index < -0.39 is 298 Å². The topological polar surface area (TPSA) is 624 Å². The van der Waals surface area contributed by atoms with Crippen molar-refractivity contribution in [3.63, 3.8) is 0 Å². The predicted octanol–water partition coefficient (Wildman–Crippen LogP) is -17.1. The molecule has 0 aromatic carbocycles. The van der Waals surface area contributed by atoms with Gasteiger partial charge in [0.15, 0.2) is 44.0 Å². The number of aliphatic hydroxyl groups excluding tert-OH is 24. The predicted molar refractivity (Wildman–Crippen MR) is 260 cm³/mol. The third-order valence-electron chi connectivity index (χ3n) is 17.2. The van der Waals surface area contributed by atoms with E-state index in [1.165, 1.54) is 0 Å². The zero-order chi connectivity index (χ0) is 63.4. The molecule has 16 bridgehead atoms. The van der Waals surface area contributed by atoms with E-state index in [1.807, 2.05) is 0 Å². The summed E-state index contributed by atoms with van der Waals surface area (Å²) in [7, 11) is 0. The first-order valence-corrected chi connectivity index (χ1v) is 28.0. The number of ether oxygens (including phenoxy) is 15. The van der Waals surface area contributed by atoms with Crippen molar-refractivity contribution < 1.29 is 220 Å². The van der Waals surface area contributed by atoms with Crippen LogP contribution in [0.1, 0.15) is 0 Å². The van der Waals surface area contributed by atoms with Crippen LogP contribution in [-0.4, -0.2) is 415 Å². The fourth-order valence-corrected chi connectivity index (χ4v) is 12.3. The van der Waals surface area contributed by atoms with Crippen molar-refractivity contribution in [2.45, 2.75) is 239 Å². The molecule has 0 aliphatic carbocycles. The zero-order valence-corrected chi connectivity index (χ0v) is 48.6. The Hall–Kier alpha value is -0.677. The van der Waals surface area contributed by atoms with Gasteiger partial charge in [0.25, 0.3) is 0 Å². The summed E-state index contributed by atoms with van der Waals surface area (Å²) in [5.74, 6) is -1.75. The van der Waals surface area contributed by atoms with Gasteiger partial charge >= 0.3 is 0 Å². The molecule has 88 heavy (non-hydrogen) atoms. The summed E-state index contributed by atoms with van der Waals surface area (Å²) in [6, 6.07) is 0. The second kappa shape index (κ2) is 31.0. The molecule has 24 N–H and O–H groups in total. The molecule has 0 aromatic heterocycles. The van der Waals surface area contributed by atoms with Crippen LogP contribution in [0, 0.1) is 5.92 Å². The molecule has 40 heteroatoms. The number of hydrogen-bond acceptors (Lipinski definition) is 39. The average Bonchev–Trinajstić information content (AvgIpc) is 2.45. The molecule has 0 saturated carbocycles. The molecule has 5 unspecified atom stereocenters. The minimum absolute atomic E-state index is 0. The van der Waals surface area contributed by atoms with Crippen molar-refractivity contribution in [1.29, 1.82) is 0 Å². The second-order valence-corrected chi connectivity index (χ2v) is 22.5. The van der Waals surface area contributed by atoms with Crippen LogP contribution in [0.5, 0.6) is 0 Å². The minimum atomic E-state index is -2.25. The summed E-state index contributed by atoms with van der Waals surface area (Å²) >= 11 is 0. The molecule has 510 valence electrons. The molecule has 30 fully saturated rings. The summed E-state index contributed by atoms with van der Waals surface area (Å²) < 4.78 is 85.8. The largest absolute Gasteiger partial charge is 0.394 e. The van der Waals surface area contributed by atoms with Crippen LogP contribution in [0.15, 0.2) is 0 Å². The molecule has 30 saturated heterocycles. The number of hydrogen-bond donors (Lipinski definition) is 24. The fourth-order valence-electron chi connectivity index (χ4n) is 12.3. The first-order chi connectivity index (χ1) is 41.4. The van der Waals surface area contributed by atoms with E-state index in [4.69, 9.17) is 71.1 Å². The van der Waals surface area contributed by atoms with Crippen LogP contribution in [0.2, 0.25) is 0 Å². The van der Waals surface area contributed by atoms with E-state index in [9.17, 15) is 123 Å². The molecule has 0 radical (unpaired) electrons. The molecule has 0 aromatic rings. The summed E-state index contributed by atoms with van der Waals surface area (Å²) in [5, 5.41) is 266. The maximum atomic E-state index is 11.6. The van der Waals surface area contributed by atoms with Gasteiger partial charge < -0.3 is 194 Å². The van der Waals surface area contributed by atoms with E-state index in [0.717, 1.165) is 0 Å². The molecule has 30 aliphatic heterocycles. The average molecular weight is 1370 g/mol. The smallest absolute Gasteiger partial charge is 0.187 e. The van der Waals surface area contributed by atoms with Crippen molar-refractivity contribution in [2.75, 3.05) is 52.9 Å². The Labute approximate surface area is 516 Å². The van der Waals surface area contributed by atoms with Gasteiger partial charge in [0.05, 0.1) is 71.2 Å². The van der Waals surface area contributed by atoms with Crippen molar-refractivity contribution in [2.24, 2.45) is 5.92 Å². The van der Waals surface area contributed by atoms with Gasteiger partial charge in [-0.2, -0.15) is 0 Å². The van der Waals surface area contributed by atoms with Gasteiger partial charge in [-0.1, -0.05) is 0 Å². The van der Waals surface area contributed by atoms with Gasteiger partial charge in [-0.25, -0.2) is 0 Å². The van der Waals surface area contributed by atoms with Crippen LogP contribution in [0.3, 0.4) is 0 Å². The monoisotopic (exact) mass is 1370 g/mol. The molecule has 0 spiro atoms. The summed E-state index contributed by atoms with van der Waals surface area (Å²) in [5.41, 5.74) is 0. The third-order valence-corrected chi connectivity index (χ3v) is 17.2.